The van der Waals surface area contributed by atoms with Gasteiger partial charge in [-0.1, -0.05) is 24.6 Å². The van der Waals surface area contributed by atoms with Crippen LogP contribution in [0.1, 0.15) is 29.7 Å². The molecule has 4 heteroatoms. The number of rotatable bonds is 5. The second-order valence-corrected chi connectivity index (χ2v) is 5.25. The molecule has 0 amide bonds. The van der Waals surface area contributed by atoms with Gasteiger partial charge in [-0.05, 0) is 54.8 Å². The van der Waals surface area contributed by atoms with Crippen LogP contribution >= 0.6 is 11.6 Å². The van der Waals surface area contributed by atoms with Crippen molar-refractivity contribution in [3.05, 3.63) is 64.2 Å². The quantitative estimate of drug-likeness (QED) is 0.898. The van der Waals surface area contributed by atoms with Crippen LogP contribution in [0.4, 0.5) is 4.39 Å². The zero-order valence-corrected chi connectivity index (χ0v) is 12.4. The normalized spacial score (nSPS) is 12.4. The highest BCUT2D eigenvalue weighted by Gasteiger charge is 2.14. The molecular formula is C16H18ClFN2. The summed E-state index contributed by atoms with van der Waals surface area (Å²) in [6.45, 7) is 4.88. The van der Waals surface area contributed by atoms with Crippen molar-refractivity contribution in [2.45, 2.75) is 26.3 Å². The van der Waals surface area contributed by atoms with Gasteiger partial charge in [0.25, 0.3) is 0 Å². The molecule has 1 unspecified atom stereocenters. The molecule has 0 saturated carbocycles. The van der Waals surface area contributed by atoms with Crippen LogP contribution < -0.4 is 5.32 Å². The molecular weight excluding hydrogens is 275 g/mol. The molecule has 0 aliphatic rings. The first-order valence-electron chi connectivity index (χ1n) is 6.69. The first-order valence-corrected chi connectivity index (χ1v) is 7.06. The van der Waals surface area contributed by atoms with E-state index in [0.29, 0.717) is 11.4 Å². The number of nitrogens with zero attached hydrogens (tertiary/aromatic N) is 1. The lowest BCUT2D eigenvalue weighted by atomic mass is 9.99. The van der Waals surface area contributed by atoms with Gasteiger partial charge in [-0.2, -0.15) is 0 Å². The fourth-order valence-electron chi connectivity index (χ4n) is 2.24. The van der Waals surface area contributed by atoms with Crippen molar-refractivity contribution in [1.29, 1.82) is 0 Å². The smallest absolute Gasteiger partial charge is 0.123 e. The lowest BCUT2D eigenvalue weighted by Crippen LogP contribution is -2.23. The minimum Gasteiger partial charge on any atom is -0.310 e. The van der Waals surface area contributed by atoms with E-state index in [1.165, 1.54) is 12.1 Å². The first kappa shape index (κ1) is 14.9. The molecule has 1 atom stereocenters. The summed E-state index contributed by atoms with van der Waals surface area (Å²) in [5, 5.41) is 3.99. The van der Waals surface area contributed by atoms with E-state index in [1.54, 1.807) is 6.07 Å². The van der Waals surface area contributed by atoms with Crippen molar-refractivity contribution in [3.63, 3.8) is 0 Å². The third kappa shape index (κ3) is 3.78. The molecule has 0 aliphatic carbocycles. The van der Waals surface area contributed by atoms with E-state index in [1.807, 2.05) is 26.2 Å². The zero-order valence-electron chi connectivity index (χ0n) is 11.7. The summed E-state index contributed by atoms with van der Waals surface area (Å²) in [5.41, 5.74) is 3.00. The maximum atomic E-state index is 13.4. The minimum absolute atomic E-state index is 0.0756. The van der Waals surface area contributed by atoms with Crippen LogP contribution in [0.15, 0.2) is 36.7 Å². The Morgan fingerprint density at radius 2 is 2.10 bits per heavy atom. The molecule has 0 spiro atoms. The molecule has 0 saturated heterocycles. The van der Waals surface area contributed by atoms with Crippen LogP contribution in [0, 0.1) is 12.7 Å². The maximum absolute atomic E-state index is 13.4. The standard InChI is InChI=1S/C16H18ClFN2/c1-3-20-16(13-6-11(2)9-19-10-13)8-12-7-14(18)4-5-15(12)17/h4-7,9-10,16,20H,3,8H2,1-2H3. The SMILES string of the molecule is CCNC(Cc1cc(F)ccc1Cl)c1cncc(C)c1. The molecule has 1 heterocycles. The van der Waals surface area contributed by atoms with Gasteiger partial charge in [0.15, 0.2) is 0 Å². The third-order valence-corrected chi connectivity index (χ3v) is 3.55. The number of aromatic nitrogens is 1. The van der Waals surface area contributed by atoms with Crippen LogP contribution in [-0.2, 0) is 6.42 Å². The van der Waals surface area contributed by atoms with Crippen molar-refractivity contribution in [2.75, 3.05) is 6.54 Å². The number of benzene rings is 1. The molecule has 1 N–H and O–H groups in total. The Balaban J connectivity index is 2.27. The van der Waals surface area contributed by atoms with E-state index in [4.69, 9.17) is 11.6 Å². The second-order valence-electron chi connectivity index (χ2n) is 4.85. The van der Waals surface area contributed by atoms with Gasteiger partial charge < -0.3 is 5.32 Å². The number of halogens is 2. The van der Waals surface area contributed by atoms with Crippen LogP contribution in [0.2, 0.25) is 5.02 Å². The van der Waals surface area contributed by atoms with Gasteiger partial charge in [0.2, 0.25) is 0 Å². The Kier molecular flexibility index (Phi) is 5.10. The summed E-state index contributed by atoms with van der Waals surface area (Å²) >= 11 is 6.15. The highest BCUT2D eigenvalue weighted by molar-refractivity contribution is 6.31. The van der Waals surface area contributed by atoms with Gasteiger partial charge in [0, 0.05) is 23.5 Å². The number of likely N-dealkylation sites (N-methyl/N-ethyl adjacent to an activating group) is 1. The Bertz CT molecular complexity index is 586. The molecule has 2 aromatic rings. The molecule has 2 nitrogen and oxygen atoms in total. The van der Waals surface area contributed by atoms with Crippen LogP contribution in [0.25, 0.3) is 0 Å². The predicted molar refractivity (Wildman–Crippen MR) is 80.5 cm³/mol. The fraction of sp³-hybridized carbons (Fsp3) is 0.312. The summed E-state index contributed by atoms with van der Waals surface area (Å²) in [6.07, 6.45) is 4.30. The summed E-state index contributed by atoms with van der Waals surface area (Å²) in [7, 11) is 0. The topological polar surface area (TPSA) is 24.9 Å². The monoisotopic (exact) mass is 292 g/mol. The molecule has 1 aromatic carbocycles. The molecule has 0 aliphatic heterocycles. The number of hydrogen-bond donors (Lipinski definition) is 1. The molecule has 0 radical (unpaired) electrons. The number of nitrogens with one attached hydrogen (secondary N) is 1. The summed E-state index contributed by atoms with van der Waals surface area (Å²) in [5.74, 6) is -0.262. The average Bonchev–Trinajstić information content (AvgIpc) is 2.42. The third-order valence-electron chi connectivity index (χ3n) is 3.18. The molecule has 106 valence electrons. The Labute approximate surface area is 124 Å². The van der Waals surface area contributed by atoms with Gasteiger partial charge in [0.1, 0.15) is 5.82 Å². The lowest BCUT2D eigenvalue weighted by molar-refractivity contribution is 0.545. The number of pyridine rings is 1. The van der Waals surface area contributed by atoms with Gasteiger partial charge in [-0.3, -0.25) is 4.98 Å². The second kappa shape index (κ2) is 6.82. The maximum Gasteiger partial charge on any atom is 0.123 e. The van der Waals surface area contributed by atoms with Crippen LogP contribution in [0.5, 0.6) is 0 Å². The van der Waals surface area contributed by atoms with Gasteiger partial charge in [-0.25, -0.2) is 4.39 Å². The lowest BCUT2D eigenvalue weighted by Gasteiger charge is -2.19. The van der Waals surface area contributed by atoms with Gasteiger partial charge in [0.05, 0.1) is 0 Å². The molecule has 1 aromatic heterocycles. The Morgan fingerprint density at radius 1 is 1.30 bits per heavy atom. The van der Waals surface area contributed by atoms with Crippen LogP contribution in [0.3, 0.4) is 0 Å². The van der Waals surface area contributed by atoms with Crippen molar-refractivity contribution in [3.8, 4) is 0 Å². The summed E-state index contributed by atoms with van der Waals surface area (Å²) in [6, 6.07) is 6.64. The highest BCUT2D eigenvalue weighted by Crippen LogP contribution is 2.24. The molecule has 20 heavy (non-hydrogen) atoms. The largest absolute Gasteiger partial charge is 0.310 e. The molecule has 2 rings (SSSR count). The van der Waals surface area contributed by atoms with E-state index in [-0.39, 0.29) is 11.9 Å². The fourth-order valence-corrected chi connectivity index (χ4v) is 2.44. The molecule has 0 fully saturated rings. The minimum atomic E-state index is -0.262. The van der Waals surface area contributed by atoms with Crippen molar-refractivity contribution >= 4 is 11.6 Å². The highest BCUT2D eigenvalue weighted by atomic mass is 35.5. The first-order chi connectivity index (χ1) is 9.60. The van der Waals surface area contributed by atoms with Crippen molar-refractivity contribution < 1.29 is 4.39 Å². The number of hydrogen-bond acceptors (Lipinski definition) is 2. The predicted octanol–water partition coefficient (Wildman–Crippen LogP) is 4.08. The van der Waals surface area contributed by atoms with Crippen molar-refractivity contribution in [1.82, 2.24) is 10.3 Å². The van der Waals surface area contributed by atoms with Gasteiger partial charge in [-0.15, -0.1) is 0 Å². The zero-order chi connectivity index (χ0) is 14.5. The average molecular weight is 293 g/mol. The van der Waals surface area contributed by atoms with E-state index in [2.05, 4.69) is 16.4 Å². The van der Waals surface area contributed by atoms with Crippen molar-refractivity contribution in [2.24, 2.45) is 0 Å². The van der Waals surface area contributed by atoms with E-state index < -0.39 is 0 Å². The van der Waals surface area contributed by atoms with E-state index in [0.717, 1.165) is 23.2 Å². The Morgan fingerprint density at radius 3 is 2.80 bits per heavy atom. The van der Waals surface area contributed by atoms with Gasteiger partial charge >= 0.3 is 0 Å². The van der Waals surface area contributed by atoms with Crippen LogP contribution in [-0.4, -0.2) is 11.5 Å². The Hall–Kier alpha value is -1.45. The van der Waals surface area contributed by atoms with E-state index in [9.17, 15) is 4.39 Å². The summed E-state index contributed by atoms with van der Waals surface area (Å²) < 4.78 is 13.4. The van der Waals surface area contributed by atoms with E-state index >= 15 is 0 Å². The molecule has 0 bridgehead atoms. The number of aryl methyl sites for hydroxylation is 1. The summed E-state index contributed by atoms with van der Waals surface area (Å²) in [4.78, 5) is 4.22.